The maximum absolute atomic E-state index is 12.2. The number of anilines is 1. The summed E-state index contributed by atoms with van der Waals surface area (Å²) in [5.74, 6) is 0.248. The molecule has 2 amide bonds. The smallest absolute Gasteiger partial charge is 0.238 e. The lowest BCUT2D eigenvalue weighted by molar-refractivity contribution is -0.132. The summed E-state index contributed by atoms with van der Waals surface area (Å²) in [4.78, 5) is 30.7. The summed E-state index contributed by atoms with van der Waals surface area (Å²) < 4.78 is 0.946. The van der Waals surface area contributed by atoms with Crippen LogP contribution in [0, 0.1) is 0 Å². The van der Waals surface area contributed by atoms with Crippen molar-refractivity contribution in [3.05, 3.63) is 28.7 Å². The molecule has 0 unspecified atom stereocenters. The molecule has 0 bridgehead atoms. The number of halogens is 1. The molecular weight excluding hydrogens is 384 g/mol. The summed E-state index contributed by atoms with van der Waals surface area (Å²) in [7, 11) is 0. The Morgan fingerprint density at radius 2 is 1.60 bits per heavy atom. The van der Waals surface area contributed by atoms with Gasteiger partial charge in [-0.25, -0.2) is 0 Å². The first-order valence-corrected chi connectivity index (χ1v) is 9.67. The zero-order valence-corrected chi connectivity index (χ0v) is 16.0. The Balaban J connectivity index is 1.38. The van der Waals surface area contributed by atoms with Gasteiger partial charge >= 0.3 is 0 Å². The van der Waals surface area contributed by atoms with Crippen LogP contribution in [-0.2, 0) is 9.59 Å². The Hall–Kier alpha value is -1.44. The molecule has 3 rings (SSSR count). The normalized spacial score (nSPS) is 19.2. The number of nitrogens with zero attached hydrogens (tertiary/aromatic N) is 3. The fourth-order valence-corrected chi connectivity index (χ4v) is 3.73. The predicted molar refractivity (Wildman–Crippen MR) is 101 cm³/mol. The van der Waals surface area contributed by atoms with Gasteiger partial charge in [0.05, 0.1) is 13.1 Å². The van der Waals surface area contributed by atoms with Gasteiger partial charge in [0.15, 0.2) is 0 Å². The van der Waals surface area contributed by atoms with Crippen molar-refractivity contribution >= 4 is 33.4 Å². The van der Waals surface area contributed by atoms with Crippen LogP contribution in [0.5, 0.6) is 0 Å². The van der Waals surface area contributed by atoms with E-state index in [1.54, 1.807) is 0 Å². The molecule has 2 aliphatic rings. The van der Waals surface area contributed by atoms with E-state index in [0.29, 0.717) is 13.1 Å². The fourth-order valence-electron chi connectivity index (χ4n) is 3.33. The van der Waals surface area contributed by atoms with Gasteiger partial charge in [0.1, 0.15) is 0 Å². The Morgan fingerprint density at radius 1 is 0.960 bits per heavy atom. The highest BCUT2D eigenvalue weighted by molar-refractivity contribution is 9.10. The highest BCUT2D eigenvalue weighted by Crippen LogP contribution is 2.15. The predicted octanol–water partition coefficient (Wildman–Crippen LogP) is 1.63. The van der Waals surface area contributed by atoms with Crippen LogP contribution in [-0.4, -0.2) is 78.9 Å². The largest absolute Gasteiger partial charge is 0.342 e. The zero-order chi connectivity index (χ0) is 17.6. The van der Waals surface area contributed by atoms with Crippen molar-refractivity contribution in [1.29, 1.82) is 0 Å². The SMILES string of the molecule is O=C(CN1CCN(CC(=O)N2CCCC2)CC1)Nc1cccc(Br)c1. The number of carbonyl (C=O) groups excluding carboxylic acids is 2. The summed E-state index contributed by atoms with van der Waals surface area (Å²) >= 11 is 3.40. The Bertz CT molecular complexity index is 611. The van der Waals surface area contributed by atoms with Crippen LogP contribution in [0.1, 0.15) is 12.8 Å². The molecule has 0 radical (unpaired) electrons. The number of amides is 2. The molecule has 0 aliphatic carbocycles. The molecule has 2 saturated heterocycles. The van der Waals surface area contributed by atoms with Crippen LogP contribution in [0.2, 0.25) is 0 Å². The van der Waals surface area contributed by atoms with Gasteiger partial charge < -0.3 is 10.2 Å². The minimum Gasteiger partial charge on any atom is -0.342 e. The molecule has 7 heteroatoms. The molecule has 1 aromatic rings. The summed E-state index contributed by atoms with van der Waals surface area (Å²) in [6.45, 7) is 6.04. The molecule has 0 atom stereocenters. The van der Waals surface area contributed by atoms with Gasteiger partial charge in [-0.1, -0.05) is 22.0 Å². The Kier molecular flexibility index (Phi) is 6.45. The van der Waals surface area contributed by atoms with E-state index in [9.17, 15) is 9.59 Å². The van der Waals surface area contributed by atoms with Gasteiger partial charge in [0.25, 0.3) is 0 Å². The molecule has 2 aliphatic heterocycles. The third-order valence-electron chi connectivity index (χ3n) is 4.76. The number of hydrogen-bond donors (Lipinski definition) is 1. The van der Waals surface area contributed by atoms with Crippen molar-refractivity contribution < 1.29 is 9.59 Å². The first kappa shape index (κ1) is 18.4. The average molecular weight is 409 g/mol. The second kappa shape index (κ2) is 8.78. The second-order valence-electron chi connectivity index (χ2n) is 6.70. The number of nitrogens with one attached hydrogen (secondary N) is 1. The van der Waals surface area contributed by atoms with E-state index in [0.717, 1.165) is 62.3 Å². The fraction of sp³-hybridized carbons (Fsp3) is 0.556. The zero-order valence-electron chi connectivity index (χ0n) is 14.4. The van der Waals surface area contributed by atoms with Gasteiger partial charge in [-0.2, -0.15) is 0 Å². The third-order valence-corrected chi connectivity index (χ3v) is 5.25. The summed E-state index contributed by atoms with van der Waals surface area (Å²) in [5, 5.41) is 2.93. The molecule has 136 valence electrons. The van der Waals surface area contributed by atoms with Gasteiger partial charge in [-0.05, 0) is 31.0 Å². The number of benzene rings is 1. The number of likely N-dealkylation sites (tertiary alicyclic amines) is 1. The first-order chi connectivity index (χ1) is 12.1. The summed E-state index contributed by atoms with van der Waals surface area (Å²) in [6.07, 6.45) is 2.26. The lowest BCUT2D eigenvalue weighted by atomic mass is 10.3. The topological polar surface area (TPSA) is 55.9 Å². The average Bonchev–Trinajstić information content (AvgIpc) is 3.11. The van der Waals surface area contributed by atoms with Crippen molar-refractivity contribution in [2.75, 3.05) is 57.7 Å². The van der Waals surface area contributed by atoms with Gasteiger partial charge in [-0.3, -0.25) is 19.4 Å². The maximum Gasteiger partial charge on any atom is 0.238 e. The van der Waals surface area contributed by atoms with Gasteiger partial charge in [-0.15, -0.1) is 0 Å². The molecule has 2 heterocycles. The lowest BCUT2D eigenvalue weighted by Crippen LogP contribution is -2.51. The van der Waals surface area contributed by atoms with E-state index in [4.69, 9.17) is 0 Å². The van der Waals surface area contributed by atoms with E-state index in [-0.39, 0.29) is 11.8 Å². The molecule has 6 nitrogen and oxygen atoms in total. The number of hydrogen-bond acceptors (Lipinski definition) is 4. The minimum absolute atomic E-state index is 0.000284. The molecule has 25 heavy (non-hydrogen) atoms. The highest BCUT2D eigenvalue weighted by Gasteiger charge is 2.24. The number of piperazine rings is 1. The highest BCUT2D eigenvalue weighted by atomic mass is 79.9. The molecule has 2 fully saturated rings. The second-order valence-corrected chi connectivity index (χ2v) is 7.61. The van der Waals surface area contributed by atoms with E-state index in [1.807, 2.05) is 29.2 Å². The van der Waals surface area contributed by atoms with E-state index >= 15 is 0 Å². The summed E-state index contributed by atoms with van der Waals surface area (Å²) in [6, 6.07) is 7.60. The lowest BCUT2D eigenvalue weighted by Gasteiger charge is -2.34. The van der Waals surface area contributed by atoms with Crippen molar-refractivity contribution in [1.82, 2.24) is 14.7 Å². The first-order valence-electron chi connectivity index (χ1n) is 8.88. The monoisotopic (exact) mass is 408 g/mol. The maximum atomic E-state index is 12.2. The molecule has 0 aromatic heterocycles. The molecule has 0 saturated carbocycles. The standard InChI is InChI=1S/C18H25BrN4O2/c19-15-4-3-5-16(12-15)20-17(24)13-21-8-10-22(11-9-21)14-18(25)23-6-1-2-7-23/h3-5,12H,1-2,6-11,13-14H2,(H,20,24). The van der Waals surface area contributed by atoms with Crippen LogP contribution in [0.15, 0.2) is 28.7 Å². The van der Waals surface area contributed by atoms with Crippen LogP contribution in [0.25, 0.3) is 0 Å². The number of carbonyl (C=O) groups is 2. The van der Waals surface area contributed by atoms with Gasteiger partial charge in [0.2, 0.25) is 11.8 Å². The summed E-state index contributed by atoms with van der Waals surface area (Å²) in [5.41, 5.74) is 0.800. The van der Waals surface area contributed by atoms with Gasteiger partial charge in [0, 0.05) is 49.4 Å². The van der Waals surface area contributed by atoms with Crippen molar-refractivity contribution in [3.8, 4) is 0 Å². The minimum atomic E-state index is -0.000284. The molecule has 1 N–H and O–H groups in total. The van der Waals surface area contributed by atoms with Crippen molar-refractivity contribution in [3.63, 3.8) is 0 Å². The van der Waals surface area contributed by atoms with E-state index in [1.165, 1.54) is 0 Å². The van der Waals surface area contributed by atoms with Crippen molar-refractivity contribution in [2.45, 2.75) is 12.8 Å². The van der Waals surface area contributed by atoms with E-state index < -0.39 is 0 Å². The van der Waals surface area contributed by atoms with Crippen LogP contribution < -0.4 is 5.32 Å². The third kappa shape index (κ3) is 5.52. The Labute approximate surface area is 157 Å². The molecule has 0 spiro atoms. The molecular formula is C18H25BrN4O2. The quantitative estimate of drug-likeness (QED) is 0.804. The Morgan fingerprint density at radius 3 is 2.24 bits per heavy atom. The number of rotatable bonds is 5. The van der Waals surface area contributed by atoms with Crippen LogP contribution >= 0.6 is 15.9 Å². The van der Waals surface area contributed by atoms with Crippen LogP contribution in [0.3, 0.4) is 0 Å². The van der Waals surface area contributed by atoms with E-state index in [2.05, 4.69) is 31.0 Å². The van der Waals surface area contributed by atoms with Crippen molar-refractivity contribution in [2.24, 2.45) is 0 Å². The molecule has 1 aromatic carbocycles. The van der Waals surface area contributed by atoms with Crippen LogP contribution in [0.4, 0.5) is 5.69 Å².